The summed E-state index contributed by atoms with van der Waals surface area (Å²) >= 11 is 5.28. The molecule has 0 spiro atoms. The zero-order valence-corrected chi connectivity index (χ0v) is 16.5. The molecule has 0 atom stereocenters. The molecule has 9 nitrogen and oxygen atoms in total. The van der Waals surface area contributed by atoms with Crippen molar-refractivity contribution in [3.05, 3.63) is 52.8 Å². The Balaban J connectivity index is 1.85. The van der Waals surface area contributed by atoms with Gasteiger partial charge in [0.05, 0.1) is 20.4 Å². The number of methoxy groups -OCH3 is 2. The van der Waals surface area contributed by atoms with E-state index in [1.807, 2.05) is 6.07 Å². The van der Waals surface area contributed by atoms with E-state index in [1.165, 1.54) is 4.68 Å². The van der Waals surface area contributed by atoms with Crippen molar-refractivity contribution in [1.82, 2.24) is 14.9 Å². The summed E-state index contributed by atoms with van der Waals surface area (Å²) in [5.74, 6) is 1.09. The first-order valence-electron chi connectivity index (χ1n) is 8.40. The Bertz CT molecular complexity index is 1090. The van der Waals surface area contributed by atoms with E-state index in [2.05, 4.69) is 15.3 Å². The molecular formula is C19H18N4O5S. The van der Waals surface area contributed by atoms with Gasteiger partial charge in [0, 0.05) is 5.56 Å². The fourth-order valence-electron chi connectivity index (χ4n) is 2.48. The molecule has 0 saturated heterocycles. The molecule has 0 unspecified atom stereocenters. The van der Waals surface area contributed by atoms with Gasteiger partial charge in [0.1, 0.15) is 5.75 Å². The first-order chi connectivity index (χ1) is 14.0. The van der Waals surface area contributed by atoms with Crippen LogP contribution in [-0.2, 0) is 4.79 Å². The van der Waals surface area contributed by atoms with Gasteiger partial charge in [0.25, 0.3) is 0 Å². The Morgan fingerprint density at radius 1 is 1.21 bits per heavy atom. The zero-order valence-electron chi connectivity index (χ0n) is 15.7. The van der Waals surface area contributed by atoms with Gasteiger partial charge in [-0.3, -0.25) is 0 Å². The van der Waals surface area contributed by atoms with E-state index in [-0.39, 0.29) is 0 Å². The smallest absolute Gasteiger partial charge is 0.341 e. The van der Waals surface area contributed by atoms with E-state index >= 15 is 0 Å². The van der Waals surface area contributed by atoms with E-state index in [4.69, 9.17) is 31.5 Å². The Kier molecular flexibility index (Phi) is 6.25. The number of nitrogens with one attached hydrogen (secondary N) is 1. The molecule has 3 rings (SSSR count). The molecule has 29 heavy (non-hydrogen) atoms. The molecule has 0 saturated carbocycles. The number of hydrogen-bond acceptors (Lipinski definition) is 7. The number of benzene rings is 2. The van der Waals surface area contributed by atoms with Crippen molar-refractivity contribution in [2.45, 2.75) is 0 Å². The molecule has 0 amide bonds. The number of carbonyl (C=O) groups is 1. The first-order valence-corrected chi connectivity index (χ1v) is 8.81. The third kappa shape index (κ3) is 4.79. The van der Waals surface area contributed by atoms with Crippen LogP contribution in [0.1, 0.15) is 5.56 Å². The van der Waals surface area contributed by atoms with E-state index in [9.17, 15) is 4.79 Å². The van der Waals surface area contributed by atoms with Gasteiger partial charge < -0.3 is 19.3 Å². The summed E-state index contributed by atoms with van der Waals surface area (Å²) in [7, 11) is 3.12. The van der Waals surface area contributed by atoms with Crippen LogP contribution >= 0.6 is 12.2 Å². The lowest BCUT2D eigenvalue weighted by molar-refractivity contribution is -0.139. The third-order valence-electron chi connectivity index (χ3n) is 3.86. The minimum Gasteiger partial charge on any atom is -0.493 e. The van der Waals surface area contributed by atoms with Gasteiger partial charge in [-0.2, -0.15) is 14.9 Å². The summed E-state index contributed by atoms with van der Waals surface area (Å²) in [6, 6.07) is 12.2. The van der Waals surface area contributed by atoms with Crippen LogP contribution < -0.4 is 14.2 Å². The number of carboxylic acid groups (broad SMARTS) is 1. The fourth-order valence-corrected chi connectivity index (χ4v) is 2.66. The average Bonchev–Trinajstić information content (AvgIpc) is 3.11. The average molecular weight is 414 g/mol. The summed E-state index contributed by atoms with van der Waals surface area (Å²) in [5.41, 5.74) is 1.51. The molecule has 2 aromatic carbocycles. The van der Waals surface area contributed by atoms with E-state index in [0.717, 1.165) is 11.1 Å². The standard InChI is InChI=1S/C19H18N4O5S/c1-26-15-8-5-13(9-16(15)27-2)18-21-22-19(29)23(18)20-10-12-3-6-14(7-4-12)28-11-17(24)25/h3-10H,11H2,1-2H3,(H,22,29)(H,24,25)/b20-10-. The normalized spacial score (nSPS) is 10.8. The largest absolute Gasteiger partial charge is 0.493 e. The zero-order chi connectivity index (χ0) is 20.8. The Morgan fingerprint density at radius 2 is 1.93 bits per heavy atom. The van der Waals surface area contributed by atoms with Crippen LogP contribution in [0, 0.1) is 4.77 Å². The molecule has 1 aromatic heterocycles. The molecule has 150 valence electrons. The first kappa shape index (κ1) is 20.1. The van der Waals surface area contributed by atoms with Crippen LogP contribution in [0.15, 0.2) is 47.6 Å². The number of rotatable bonds is 8. The summed E-state index contributed by atoms with van der Waals surface area (Å²) in [4.78, 5) is 10.5. The minimum atomic E-state index is -1.03. The topological polar surface area (TPSA) is 111 Å². The van der Waals surface area contributed by atoms with Crippen LogP contribution in [0.2, 0.25) is 0 Å². The Labute approximate surface area is 171 Å². The highest BCUT2D eigenvalue weighted by molar-refractivity contribution is 7.71. The SMILES string of the molecule is COc1ccc(-c2n[nH]c(=S)n2/N=C\c2ccc(OCC(=O)O)cc2)cc1OC. The van der Waals surface area contributed by atoms with Crippen molar-refractivity contribution >= 4 is 24.4 Å². The highest BCUT2D eigenvalue weighted by Gasteiger charge is 2.12. The van der Waals surface area contributed by atoms with E-state index < -0.39 is 12.6 Å². The van der Waals surface area contributed by atoms with Crippen LogP contribution in [0.3, 0.4) is 0 Å². The van der Waals surface area contributed by atoms with Crippen molar-refractivity contribution in [3.63, 3.8) is 0 Å². The van der Waals surface area contributed by atoms with Crippen molar-refractivity contribution in [2.24, 2.45) is 5.10 Å². The molecule has 0 aliphatic carbocycles. The lowest BCUT2D eigenvalue weighted by Gasteiger charge is -2.09. The quantitative estimate of drug-likeness (QED) is 0.431. The molecule has 0 radical (unpaired) electrons. The van der Waals surface area contributed by atoms with Gasteiger partial charge in [-0.1, -0.05) is 0 Å². The van der Waals surface area contributed by atoms with Gasteiger partial charge in [0.15, 0.2) is 23.9 Å². The number of aliphatic carboxylic acids is 1. The van der Waals surface area contributed by atoms with Crippen molar-refractivity contribution in [3.8, 4) is 28.6 Å². The number of aromatic nitrogens is 3. The van der Waals surface area contributed by atoms with Crippen LogP contribution in [0.25, 0.3) is 11.4 Å². The lowest BCUT2D eigenvalue weighted by Crippen LogP contribution is -2.09. The number of H-pyrrole nitrogens is 1. The molecule has 2 N–H and O–H groups in total. The second-order valence-corrected chi connectivity index (χ2v) is 6.12. The molecule has 0 aliphatic rings. The highest BCUT2D eigenvalue weighted by atomic mass is 32.1. The van der Waals surface area contributed by atoms with Crippen molar-refractivity contribution < 1.29 is 24.1 Å². The third-order valence-corrected chi connectivity index (χ3v) is 4.12. The van der Waals surface area contributed by atoms with E-state index in [0.29, 0.717) is 27.8 Å². The summed E-state index contributed by atoms with van der Waals surface area (Å²) in [5, 5.41) is 20.0. The summed E-state index contributed by atoms with van der Waals surface area (Å²) in [6.45, 7) is -0.397. The number of ether oxygens (including phenoxy) is 3. The van der Waals surface area contributed by atoms with E-state index in [1.54, 1.807) is 56.8 Å². The van der Waals surface area contributed by atoms with Crippen molar-refractivity contribution in [2.75, 3.05) is 20.8 Å². The minimum absolute atomic E-state index is 0.326. The molecule has 3 aromatic rings. The Morgan fingerprint density at radius 3 is 2.59 bits per heavy atom. The number of hydrogen-bond donors (Lipinski definition) is 2. The fraction of sp³-hybridized carbons (Fsp3) is 0.158. The monoisotopic (exact) mass is 414 g/mol. The predicted octanol–water partition coefficient (Wildman–Crippen LogP) is 2.97. The molecular weight excluding hydrogens is 396 g/mol. The molecule has 0 fully saturated rings. The Hall–Kier alpha value is -3.66. The summed E-state index contributed by atoms with van der Waals surface area (Å²) < 4.78 is 17.5. The van der Waals surface area contributed by atoms with Gasteiger partial charge in [-0.25, -0.2) is 9.89 Å². The molecule has 1 heterocycles. The maximum absolute atomic E-state index is 10.5. The maximum Gasteiger partial charge on any atom is 0.341 e. The van der Waals surface area contributed by atoms with Gasteiger partial charge in [-0.05, 0) is 60.2 Å². The van der Waals surface area contributed by atoms with Gasteiger partial charge in [0.2, 0.25) is 4.77 Å². The molecule has 10 heteroatoms. The van der Waals surface area contributed by atoms with Gasteiger partial charge >= 0.3 is 5.97 Å². The van der Waals surface area contributed by atoms with Crippen LogP contribution in [0.4, 0.5) is 0 Å². The molecule has 0 bridgehead atoms. The number of aromatic amines is 1. The van der Waals surface area contributed by atoms with Crippen LogP contribution in [-0.4, -0.2) is 53.0 Å². The highest BCUT2D eigenvalue weighted by Crippen LogP contribution is 2.31. The number of nitrogens with zero attached hydrogens (tertiary/aromatic N) is 3. The predicted molar refractivity (Wildman–Crippen MR) is 109 cm³/mol. The maximum atomic E-state index is 10.5. The van der Waals surface area contributed by atoms with Crippen LogP contribution in [0.5, 0.6) is 17.2 Å². The lowest BCUT2D eigenvalue weighted by atomic mass is 10.2. The van der Waals surface area contributed by atoms with Crippen molar-refractivity contribution in [1.29, 1.82) is 0 Å². The number of carboxylic acids is 1. The molecule has 0 aliphatic heterocycles. The second-order valence-electron chi connectivity index (χ2n) is 5.73. The second kappa shape index (κ2) is 9.02. The summed E-state index contributed by atoms with van der Waals surface area (Å²) in [6.07, 6.45) is 1.61. The van der Waals surface area contributed by atoms with Gasteiger partial charge in [-0.15, -0.1) is 0 Å².